The van der Waals surface area contributed by atoms with E-state index < -0.39 is 0 Å². The molecule has 0 aliphatic carbocycles. The number of hydrogen-bond donors (Lipinski definition) is 1. The summed E-state index contributed by atoms with van der Waals surface area (Å²) in [6.07, 6.45) is 1.45. The summed E-state index contributed by atoms with van der Waals surface area (Å²) < 4.78 is 0. The average Bonchev–Trinajstić information content (AvgIpc) is 2.46. The molecule has 1 fully saturated rings. The molecule has 1 saturated heterocycles. The van der Waals surface area contributed by atoms with Crippen molar-refractivity contribution in [1.82, 2.24) is 10.2 Å². The number of piperazine rings is 1. The number of hydrogen-bond acceptors (Lipinski definition) is 2. The summed E-state index contributed by atoms with van der Waals surface area (Å²) in [4.78, 5) is 14.5. The van der Waals surface area contributed by atoms with Crippen molar-refractivity contribution in [3.8, 4) is 0 Å². The molecule has 1 heterocycles. The van der Waals surface area contributed by atoms with Crippen LogP contribution in [0.2, 0.25) is 0 Å². The SMILES string of the molecule is CC(C)C1CN(C(=O)CCc2ccccc2)C(C)CN1. The zero-order valence-corrected chi connectivity index (χ0v) is 12.8. The minimum absolute atomic E-state index is 0.286. The summed E-state index contributed by atoms with van der Waals surface area (Å²) >= 11 is 0. The van der Waals surface area contributed by atoms with E-state index in [9.17, 15) is 4.79 Å². The van der Waals surface area contributed by atoms with Crippen LogP contribution in [0, 0.1) is 5.92 Å². The Labute approximate surface area is 122 Å². The highest BCUT2D eigenvalue weighted by molar-refractivity contribution is 5.77. The van der Waals surface area contributed by atoms with Crippen LogP contribution in [0.25, 0.3) is 0 Å². The minimum atomic E-state index is 0.286. The summed E-state index contributed by atoms with van der Waals surface area (Å²) in [6.45, 7) is 8.29. The van der Waals surface area contributed by atoms with E-state index in [4.69, 9.17) is 0 Å². The Morgan fingerprint density at radius 2 is 2.05 bits per heavy atom. The van der Waals surface area contributed by atoms with Gasteiger partial charge in [-0.1, -0.05) is 44.2 Å². The average molecular weight is 274 g/mol. The van der Waals surface area contributed by atoms with Crippen molar-refractivity contribution in [2.45, 2.75) is 45.7 Å². The third-order valence-electron chi connectivity index (χ3n) is 4.20. The quantitative estimate of drug-likeness (QED) is 0.915. The normalized spacial score (nSPS) is 23.1. The first-order valence-corrected chi connectivity index (χ1v) is 7.64. The first-order valence-electron chi connectivity index (χ1n) is 7.64. The Kier molecular flexibility index (Phi) is 5.18. The Bertz CT molecular complexity index is 430. The Morgan fingerprint density at radius 3 is 2.70 bits per heavy atom. The van der Waals surface area contributed by atoms with E-state index in [1.807, 2.05) is 18.2 Å². The number of nitrogens with one attached hydrogen (secondary N) is 1. The second-order valence-electron chi connectivity index (χ2n) is 6.14. The lowest BCUT2D eigenvalue weighted by atomic mass is 9.99. The number of carbonyl (C=O) groups excluding carboxylic acids is 1. The van der Waals surface area contributed by atoms with Gasteiger partial charge in [0.05, 0.1) is 0 Å². The van der Waals surface area contributed by atoms with Gasteiger partial charge in [-0.05, 0) is 24.8 Å². The van der Waals surface area contributed by atoms with Crippen LogP contribution in [0.3, 0.4) is 0 Å². The topological polar surface area (TPSA) is 32.3 Å². The van der Waals surface area contributed by atoms with Crippen LogP contribution in [0.15, 0.2) is 30.3 Å². The van der Waals surface area contributed by atoms with Crippen molar-refractivity contribution < 1.29 is 4.79 Å². The Morgan fingerprint density at radius 1 is 1.35 bits per heavy atom. The summed E-state index contributed by atoms with van der Waals surface area (Å²) in [7, 11) is 0. The maximum Gasteiger partial charge on any atom is 0.223 e. The van der Waals surface area contributed by atoms with Crippen molar-refractivity contribution in [3.63, 3.8) is 0 Å². The largest absolute Gasteiger partial charge is 0.337 e. The monoisotopic (exact) mass is 274 g/mol. The minimum Gasteiger partial charge on any atom is -0.337 e. The number of rotatable bonds is 4. The van der Waals surface area contributed by atoms with Gasteiger partial charge in [0, 0.05) is 31.6 Å². The molecule has 0 saturated carbocycles. The fourth-order valence-electron chi connectivity index (χ4n) is 2.72. The van der Waals surface area contributed by atoms with Crippen LogP contribution in [0.5, 0.6) is 0 Å². The standard InChI is InChI=1S/C17H26N2O/c1-13(2)16-12-19(14(3)11-18-16)17(20)10-9-15-7-5-4-6-8-15/h4-8,13-14,16,18H,9-12H2,1-3H3. The predicted octanol–water partition coefficient (Wildman–Crippen LogP) is 2.46. The summed E-state index contributed by atoms with van der Waals surface area (Å²) in [5.41, 5.74) is 1.24. The number of carbonyl (C=O) groups is 1. The molecular weight excluding hydrogens is 248 g/mol. The van der Waals surface area contributed by atoms with E-state index in [1.165, 1.54) is 5.56 Å². The Balaban J connectivity index is 1.90. The molecule has 1 aliphatic rings. The van der Waals surface area contributed by atoms with E-state index in [1.54, 1.807) is 0 Å². The summed E-state index contributed by atoms with van der Waals surface area (Å²) in [6, 6.07) is 11.0. The molecule has 2 atom stereocenters. The Hall–Kier alpha value is -1.35. The molecule has 20 heavy (non-hydrogen) atoms. The maximum absolute atomic E-state index is 12.4. The summed E-state index contributed by atoms with van der Waals surface area (Å²) in [5, 5.41) is 3.53. The second kappa shape index (κ2) is 6.89. The lowest BCUT2D eigenvalue weighted by molar-refractivity contribution is -0.135. The lowest BCUT2D eigenvalue weighted by Crippen LogP contribution is -2.58. The number of amides is 1. The van der Waals surface area contributed by atoms with Gasteiger partial charge in [-0.25, -0.2) is 0 Å². The van der Waals surface area contributed by atoms with E-state index in [0.29, 0.717) is 24.4 Å². The van der Waals surface area contributed by atoms with Crippen LogP contribution < -0.4 is 5.32 Å². The molecule has 2 rings (SSSR count). The highest BCUT2D eigenvalue weighted by Gasteiger charge is 2.29. The molecule has 0 bridgehead atoms. The third kappa shape index (κ3) is 3.83. The van der Waals surface area contributed by atoms with Gasteiger partial charge in [-0.3, -0.25) is 4.79 Å². The highest BCUT2D eigenvalue weighted by Crippen LogP contribution is 2.15. The maximum atomic E-state index is 12.4. The molecule has 3 heteroatoms. The van der Waals surface area contributed by atoms with Gasteiger partial charge < -0.3 is 10.2 Å². The molecular formula is C17H26N2O. The van der Waals surface area contributed by atoms with Crippen LogP contribution in [-0.4, -0.2) is 36.0 Å². The smallest absolute Gasteiger partial charge is 0.223 e. The van der Waals surface area contributed by atoms with Gasteiger partial charge in [0.2, 0.25) is 5.91 Å². The van der Waals surface area contributed by atoms with E-state index in [0.717, 1.165) is 19.5 Å². The molecule has 1 aliphatic heterocycles. The fourth-order valence-corrected chi connectivity index (χ4v) is 2.72. The van der Waals surface area contributed by atoms with Crippen LogP contribution in [0.1, 0.15) is 32.8 Å². The van der Waals surface area contributed by atoms with Gasteiger partial charge >= 0.3 is 0 Å². The molecule has 0 spiro atoms. The number of aryl methyl sites for hydroxylation is 1. The first-order chi connectivity index (χ1) is 9.58. The molecule has 1 amide bonds. The second-order valence-corrected chi connectivity index (χ2v) is 6.14. The van der Waals surface area contributed by atoms with Crippen molar-refractivity contribution in [2.24, 2.45) is 5.92 Å². The van der Waals surface area contributed by atoms with Gasteiger partial charge in [-0.2, -0.15) is 0 Å². The van der Waals surface area contributed by atoms with Crippen molar-refractivity contribution in [1.29, 1.82) is 0 Å². The van der Waals surface area contributed by atoms with E-state index in [2.05, 4.69) is 43.1 Å². The molecule has 0 radical (unpaired) electrons. The molecule has 1 aromatic rings. The molecule has 2 unspecified atom stereocenters. The van der Waals surface area contributed by atoms with Crippen LogP contribution >= 0.6 is 0 Å². The molecule has 0 aromatic heterocycles. The van der Waals surface area contributed by atoms with Gasteiger partial charge in [0.1, 0.15) is 0 Å². The molecule has 1 aromatic carbocycles. The molecule has 110 valence electrons. The van der Waals surface area contributed by atoms with Gasteiger partial charge in [0.25, 0.3) is 0 Å². The highest BCUT2D eigenvalue weighted by atomic mass is 16.2. The van der Waals surface area contributed by atoms with E-state index in [-0.39, 0.29) is 5.91 Å². The zero-order chi connectivity index (χ0) is 14.5. The molecule has 3 nitrogen and oxygen atoms in total. The van der Waals surface area contributed by atoms with Gasteiger partial charge in [0.15, 0.2) is 0 Å². The van der Waals surface area contributed by atoms with Crippen molar-refractivity contribution in [3.05, 3.63) is 35.9 Å². The van der Waals surface area contributed by atoms with Crippen molar-refractivity contribution >= 4 is 5.91 Å². The lowest BCUT2D eigenvalue weighted by Gasteiger charge is -2.40. The predicted molar refractivity (Wildman–Crippen MR) is 82.6 cm³/mol. The van der Waals surface area contributed by atoms with E-state index >= 15 is 0 Å². The van der Waals surface area contributed by atoms with Crippen molar-refractivity contribution in [2.75, 3.05) is 13.1 Å². The summed E-state index contributed by atoms with van der Waals surface area (Å²) in [5.74, 6) is 0.848. The first kappa shape index (κ1) is 15.0. The van der Waals surface area contributed by atoms with Crippen LogP contribution in [-0.2, 0) is 11.2 Å². The zero-order valence-electron chi connectivity index (χ0n) is 12.8. The number of nitrogens with zero attached hydrogens (tertiary/aromatic N) is 1. The fraction of sp³-hybridized carbons (Fsp3) is 0.588. The number of benzene rings is 1. The molecule has 1 N–H and O–H groups in total. The third-order valence-corrected chi connectivity index (χ3v) is 4.20. The van der Waals surface area contributed by atoms with Crippen LogP contribution in [0.4, 0.5) is 0 Å². The van der Waals surface area contributed by atoms with Gasteiger partial charge in [-0.15, -0.1) is 0 Å².